The SMILES string of the molecule is O=C(O)c1cc(Nc2ccc(C(F)(F)F)cc2Cl)n(-c2ccccc2)n1. The maximum Gasteiger partial charge on any atom is 0.416 e. The Labute approximate surface area is 150 Å². The standard InChI is InChI=1S/C17H11ClF3N3O2/c18-12-8-10(17(19,20)21)6-7-13(12)22-15-9-14(16(25)26)23-24(15)11-4-2-1-3-5-11/h1-9,22H,(H,25,26). The van der Waals surface area contributed by atoms with Gasteiger partial charge in [0.2, 0.25) is 0 Å². The van der Waals surface area contributed by atoms with E-state index in [1.807, 2.05) is 0 Å². The van der Waals surface area contributed by atoms with E-state index in [-0.39, 0.29) is 22.2 Å². The number of carboxylic acid groups (broad SMARTS) is 1. The van der Waals surface area contributed by atoms with Crippen LogP contribution in [0, 0.1) is 0 Å². The molecule has 0 fully saturated rings. The van der Waals surface area contributed by atoms with Crippen molar-refractivity contribution in [3.8, 4) is 5.69 Å². The Morgan fingerprint density at radius 2 is 1.81 bits per heavy atom. The van der Waals surface area contributed by atoms with Crippen LogP contribution in [0.3, 0.4) is 0 Å². The molecule has 5 nitrogen and oxygen atoms in total. The molecule has 0 atom stereocenters. The molecule has 26 heavy (non-hydrogen) atoms. The molecule has 0 radical (unpaired) electrons. The smallest absolute Gasteiger partial charge is 0.416 e. The highest BCUT2D eigenvalue weighted by molar-refractivity contribution is 6.33. The third-order valence-electron chi connectivity index (χ3n) is 3.49. The Balaban J connectivity index is 2.01. The largest absolute Gasteiger partial charge is 0.476 e. The van der Waals surface area contributed by atoms with Gasteiger partial charge in [0.25, 0.3) is 0 Å². The fraction of sp³-hybridized carbons (Fsp3) is 0.0588. The number of nitrogens with zero attached hydrogens (tertiary/aromatic N) is 2. The van der Waals surface area contributed by atoms with E-state index in [9.17, 15) is 18.0 Å². The van der Waals surface area contributed by atoms with Crippen molar-refractivity contribution in [2.45, 2.75) is 6.18 Å². The van der Waals surface area contributed by atoms with Crippen molar-refractivity contribution in [2.75, 3.05) is 5.32 Å². The van der Waals surface area contributed by atoms with E-state index in [0.29, 0.717) is 5.69 Å². The van der Waals surface area contributed by atoms with Gasteiger partial charge in [-0.3, -0.25) is 0 Å². The summed E-state index contributed by atoms with van der Waals surface area (Å²) in [6, 6.07) is 12.8. The van der Waals surface area contributed by atoms with Gasteiger partial charge in [-0.1, -0.05) is 29.8 Å². The lowest BCUT2D eigenvalue weighted by atomic mass is 10.2. The molecule has 0 aliphatic carbocycles. The first-order valence-electron chi connectivity index (χ1n) is 7.28. The van der Waals surface area contributed by atoms with Crippen molar-refractivity contribution >= 4 is 29.1 Å². The number of carboxylic acids is 1. The summed E-state index contributed by atoms with van der Waals surface area (Å²) in [5.41, 5.74) is -0.338. The van der Waals surface area contributed by atoms with Crippen molar-refractivity contribution in [2.24, 2.45) is 0 Å². The minimum absolute atomic E-state index is 0.155. The summed E-state index contributed by atoms with van der Waals surface area (Å²) in [7, 11) is 0. The molecule has 0 amide bonds. The monoisotopic (exact) mass is 381 g/mol. The van der Waals surface area contributed by atoms with E-state index in [4.69, 9.17) is 16.7 Å². The summed E-state index contributed by atoms with van der Waals surface area (Å²) in [6.45, 7) is 0. The van der Waals surface area contributed by atoms with Gasteiger partial charge in [0, 0.05) is 6.07 Å². The van der Waals surface area contributed by atoms with Crippen molar-refractivity contribution < 1.29 is 23.1 Å². The van der Waals surface area contributed by atoms with Gasteiger partial charge in [-0.25, -0.2) is 9.48 Å². The summed E-state index contributed by atoms with van der Waals surface area (Å²) in [5, 5.41) is 15.8. The number of rotatable bonds is 4. The Bertz CT molecular complexity index is 956. The summed E-state index contributed by atoms with van der Waals surface area (Å²) < 4.78 is 39.6. The molecular formula is C17H11ClF3N3O2. The zero-order valence-corrected chi connectivity index (χ0v) is 13.7. The van der Waals surface area contributed by atoms with E-state index < -0.39 is 17.7 Å². The number of hydrogen-bond acceptors (Lipinski definition) is 3. The fourth-order valence-electron chi connectivity index (χ4n) is 2.27. The second-order valence-corrected chi connectivity index (χ2v) is 5.69. The number of benzene rings is 2. The van der Waals surface area contributed by atoms with E-state index in [1.165, 1.54) is 16.8 Å². The molecule has 9 heteroatoms. The van der Waals surface area contributed by atoms with Crippen LogP contribution in [0.15, 0.2) is 54.6 Å². The molecule has 0 spiro atoms. The topological polar surface area (TPSA) is 67.2 Å². The molecule has 0 unspecified atom stereocenters. The first kappa shape index (κ1) is 17.8. The summed E-state index contributed by atoms with van der Waals surface area (Å²) in [4.78, 5) is 11.2. The number of anilines is 2. The fourth-order valence-corrected chi connectivity index (χ4v) is 2.50. The van der Waals surface area contributed by atoms with Crippen LogP contribution in [0.2, 0.25) is 5.02 Å². The van der Waals surface area contributed by atoms with Gasteiger partial charge >= 0.3 is 12.1 Å². The van der Waals surface area contributed by atoms with Crippen molar-refractivity contribution in [1.82, 2.24) is 9.78 Å². The van der Waals surface area contributed by atoms with Crippen molar-refractivity contribution in [3.05, 3.63) is 70.9 Å². The van der Waals surface area contributed by atoms with Crippen LogP contribution in [-0.2, 0) is 6.18 Å². The van der Waals surface area contributed by atoms with Gasteiger partial charge in [-0.2, -0.15) is 18.3 Å². The van der Waals surface area contributed by atoms with Gasteiger partial charge in [0.05, 0.1) is 22.0 Å². The number of aromatic carboxylic acids is 1. The number of halogens is 4. The van der Waals surface area contributed by atoms with Crippen LogP contribution in [0.25, 0.3) is 5.69 Å². The van der Waals surface area contributed by atoms with Crippen LogP contribution in [0.4, 0.5) is 24.7 Å². The second-order valence-electron chi connectivity index (χ2n) is 5.28. The lowest BCUT2D eigenvalue weighted by Gasteiger charge is -2.13. The molecule has 3 rings (SSSR count). The van der Waals surface area contributed by atoms with Crippen LogP contribution < -0.4 is 5.32 Å². The van der Waals surface area contributed by atoms with Crippen LogP contribution in [-0.4, -0.2) is 20.9 Å². The highest BCUT2D eigenvalue weighted by atomic mass is 35.5. The highest BCUT2D eigenvalue weighted by Crippen LogP contribution is 2.35. The Morgan fingerprint density at radius 3 is 2.38 bits per heavy atom. The van der Waals surface area contributed by atoms with Crippen molar-refractivity contribution in [1.29, 1.82) is 0 Å². The van der Waals surface area contributed by atoms with Gasteiger partial charge in [0.15, 0.2) is 5.69 Å². The van der Waals surface area contributed by atoms with Gasteiger partial charge in [-0.15, -0.1) is 0 Å². The van der Waals surface area contributed by atoms with Crippen molar-refractivity contribution in [3.63, 3.8) is 0 Å². The number of hydrogen-bond donors (Lipinski definition) is 2. The number of aromatic nitrogens is 2. The normalized spacial score (nSPS) is 11.4. The number of carbonyl (C=O) groups is 1. The van der Waals surface area contributed by atoms with E-state index in [1.54, 1.807) is 30.3 Å². The third kappa shape index (κ3) is 3.65. The summed E-state index contributed by atoms with van der Waals surface area (Å²) in [5.74, 6) is -0.989. The van der Waals surface area contributed by atoms with Crippen LogP contribution >= 0.6 is 11.6 Å². The number of alkyl halides is 3. The lowest BCUT2D eigenvalue weighted by Crippen LogP contribution is -2.06. The number of nitrogens with one attached hydrogen (secondary N) is 1. The van der Waals surface area contributed by atoms with Crippen LogP contribution in [0.5, 0.6) is 0 Å². The molecule has 0 aliphatic heterocycles. The molecule has 2 N–H and O–H groups in total. The van der Waals surface area contributed by atoms with Gasteiger partial charge in [0.1, 0.15) is 5.82 Å². The summed E-state index contributed by atoms with van der Waals surface area (Å²) >= 11 is 5.94. The zero-order chi connectivity index (χ0) is 18.9. The molecule has 0 bridgehead atoms. The quantitative estimate of drug-likeness (QED) is 0.668. The molecule has 1 aromatic heterocycles. The Morgan fingerprint density at radius 1 is 1.12 bits per heavy atom. The maximum atomic E-state index is 12.7. The first-order valence-corrected chi connectivity index (χ1v) is 7.66. The lowest BCUT2D eigenvalue weighted by molar-refractivity contribution is -0.137. The molecular weight excluding hydrogens is 371 g/mol. The minimum Gasteiger partial charge on any atom is -0.476 e. The molecule has 0 aliphatic rings. The first-order chi connectivity index (χ1) is 12.3. The third-order valence-corrected chi connectivity index (χ3v) is 3.80. The molecule has 0 saturated heterocycles. The van der Waals surface area contributed by atoms with Gasteiger partial charge in [-0.05, 0) is 30.3 Å². The minimum atomic E-state index is -4.51. The Kier molecular flexibility index (Phi) is 4.60. The molecule has 1 heterocycles. The molecule has 134 valence electrons. The van der Waals surface area contributed by atoms with E-state index in [2.05, 4.69) is 10.4 Å². The average Bonchev–Trinajstić information content (AvgIpc) is 3.01. The second kappa shape index (κ2) is 6.72. The maximum absolute atomic E-state index is 12.7. The number of para-hydroxylation sites is 1. The summed E-state index contributed by atoms with van der Waals surface area (Å²) in [6.07, 6.45) is -4.51. The molecule has 3 aromatic rings. The average molecular weight is 382 g/mol. The molecule has 0 saturated carbocycles. The molecule has 2 aromatic carbocycles. The zero-order valence-electron chi connectivity index (χ0n) is 13.0. The van der Waals surface area contributed by atoms with E-state index >= 15 is 0 Å². The van der Waals surface area contributed by atoms with E-state index in [0.717, 1.165) is 12.1 Å². The highest BCUT2D eigenvalue weighted by Gasteiger charge is 2.31. The van der Waals surface area contributed by atoms with Crippen LogP contribution in [0.1, 0.15) is 16.1 Å². The van der Waals surface area contributed by atoms with Gasteiger partial charge < -0.3 is 10.4 Å². The predicted octanol–water partition coefficient (Wildman–Crippen LogP) is 4.99. The Hall–Kier alpha value is -3.00. The predicted molar refractivity (Wildman–Crippen MR) is 90.3 cm³/mol.